The van der Waals surface area contributed by atoms with Gasteiger partial charge in [-0.15, -0.1) is 0 Å². The van der Waals surface area contributed by atoms with Crippen molar-refractivity contribution in [2.45, 2.75) is 13.5 Å². The lowest BCUT2D eigenvalue weighted by Gasteiger charge is -2.37. The van der Waals surface area contributed by atoms with E-state index in [-0.39, 0.29) is 24.5 Å². The van der Waals surface area contributed by atoms with Gasteiger partial charge in [-0.25, -0.2) is 4.79 Å². The molecule has 1 aliphatic heterocycles. The van der Waals surface area contributed by atoms with Gasteiger partial charge in [0.15, 0.2) is 0 Å². The standard InChI is InChI=1S/C14H18N2O3/c1-2-15-13(17)12-8-16(9-12)14(18)19-10-11-6-4-3-5-7-11/h3-7,12H,2,8-10H2,1H3,(H,15,17). The predicted molar refractivity (Wildman–Crippen MR) is 70.4 cm³/mol. The van der Waals surface area contributed by atoms with E-state index in [2.05, 4.69) is 5.32 Å². The Morgan fingerprint density at radius 1 is 1.32 bits per heavy atom. The fourth-order valence-electron chi connectivity index (χ4n) is 1.92. The minimum Gasteiger partial charge on any atom is -0.445 e. The monoisotopic (exact) mass is 262 g/mol. The van der Waals surface area contributed by atoms with Gasteiger partial charge in [-0.2, -0.15) is 0 Å². The van der Waals surface area contributed by atoms with Crippen LogP contribution in [0, 0.1) is 5.92 Å². The molecule has 0 atom stereocenters. The zero-order valence-corrected chi connectivity index (χ0v) is 11.0. The zero-order valence-electron chi connectivity index (χ0n) is 11.0. The van der Waals surface area contributed by atoms with Crippen molar-refractivity contribution in [3.8, 4) is 0 Å². The second-order valence-corrected chi connectivity index (χ2v) is 4.54. The molecular weight excluding hydrogens is 244 g/mol. The molecule has 1 saturated heterocycles. The molecule has 102 valence electrons. The van der Waals surface area contributed by atoms with Crippen molar-refractivity contribution in [1.82, 2.24) is 10.2 Å². The van der Waals surface area contributed by atoms with Gasteiger partial charge >= 0.3 is 6.09 Å². The van der Waals surface area contributed by atoms with E-state index in [9.17, 15) is 9.59 Å². The molecule has 0 aromatic heterocycles. The third kappa shape index (κ3) is 3.47. The lowest BCUT2D eigenvalue weighted by molar-refractivity contribution is -0.129. The molecule has 2 amide bonds. The van der Waals surface area contributed by atoms with Crippen LogP contribution in [-0.4, -0.2) is 36.5 Å². The maximum Gasteiger partial charge on any atom is 0.410 e. The molecule has 1 aliphatic rings. The van der Waals surface area contributed by atoms with Gasteiger partial charge < -0.3 is 15.0 Å². The summed E-state index contributed by atoms with van der Waals surface area (Å²) < 4.78 is 5.18. The lowest BCUT2D eigenvalue weighted by Crippen LogP contribution is -2.55. The van der Waals surface area contributed by atoms with Crippen LogP contribution in [0.5, 0.6) is 0 Å². The third-order valence-electron chi connectivity index (χ3n) is 3.07. The Morgan fingerprint density at radius 3 is 2.63 bits per heavy atom. The van der Waals surface area contributed by atoms with Gasteiger partial charge in [0.05, 0.1) is 5.92 Å². The highest BCUT2D eigenvalue weighted by Gasteiger charge is 2.36. The van der Waals surface area contributed by atoms with Crippen LogP contribution in [0.25, 0.3) is 0 Å². The molecule has 1 aromatic rings. The van der Waals surface area contributed by atoms with E-state index in [0.717, 1.165) is 5.56 Å². The number of nitrogens with one attached hydrogen (secondary N) is 1. The Kier molecular flexibility index (Phi) is 4.39. The highest BCUT2D eigenvalue weighted by atomic mass is 16.6. The highest BCUT2D eigenvalue weighted by molar-refractivity contribution is 5.82. The lowest BCUT2D eigenvalue weighted by atomic mass is 10.00. The first kappa shape index (κ1) is 13.4. The summed E-state index contributed by atoms with van der Waals surface area (Å²) in [4.78, 5) is 24.7. The first-order valence-corrected chi connectivity index (χ1v) is 6.44. The van der Waals surface area contributed by atoms with Gasteiger partial charge in [0.25, 0.3) is 0 Å². The van der Waals surface area contributed by atoms with E-state index in [1.807, 2.05) is 37.3 Å². The quantitative estimate of drug-likeness (QED) is 0.892. The normalized spacial score (nSPS) is 14.7. The van der Waals surface area contributed by atoms with E-state index >= 15 is 0 Å². The number of carbonyl (C=O) groups is 2. The SMILES string of the molecule is CCNC(=O)C1CN(C(=O)OCc2ccccc2)C1. The van der Waals surface area contributed by atoms with Crippen molar-refractivity contribution in [3.05, 3.63) is 35.9 Å². The van der Waals surface area contributed by atoms with Gasteiger partial charge in [0, 0.05) is 19.6 Å². The molecule has 5 nitrogen and oxygen atoms in total. The van der Waals surface area contributed by atoms with Crippen LogP contribution in [0.2, 0.25) is 0 Å². The summed E-state index contributed by atoms with van der Waals surface area (Å²) in [6.45, 7) is 3.65. The van der Waals surface area contributed by atoms with Crippen molar-refractivity contribution < 1.29 is 14.3 Å². The molecule has 1 heterocycles. The fraction of sp³-hybridized carbons (Fsp3) is 0.429. The smallest absolute Gasteiger partial charge is 0.410 e. The van der Waals surface area contributed by atoms with Crippen LogP contribution in [0.1, 0.15) is 12.5 Å². The van der Waals surface area contributed by atoms with Gasteiger partial charge in [-0.1, -0.05) is 30.3 Å². The van der Waals surface area contributed by atoms with Crippen LogP contribution < -0.4 is 5.32 Å². The number of ether oxygens (including phenoxy) is 1. The van der Waals surface area contributed by atoms with Crippen molar-refractivity contribution in [2.75, 3.05) is 19.6 Å². The summed E-state index contributed by atoms with van der Waals surface area (Å²) in [7, 11) is 0. The van der Waals surface area contributed by atoms with Crippen LogP contribution >= 0.6 is 0 Å². The van der Waals surface area contributed by atoms with Crippen LogP contribution in [0.4, 0.5) is 4.79 Å². The molecule has 5 heteroatoms. The Balaban J connectivity index is 1.70. The summed E-state index contributed by atoms with van der Waals surface area (Å²) in [6.07, 6.45) is -0.357. The van der Waals surface area contributed by atoms with Crippen LogP contribution in [0.15, 0.2) is 30.3 Å². The Bertz CT molecular complexity index is 441. The maximum atomic E-state index is 11.7. The number of nitrogens with zero attached hydrogens (tertiary/aromatic N) is 1. The Hall–Kier alpha value is -2.04. The molecule has 0 spiro atoms. The molecule has 0 saturated carbocycles. The van der Waals surface area contributed by atoms with E-state index in [4.69, 9.17) is 4.74 Å². The number of benzene rings is 1. The van der Waals surface area contributed by atoms with E-state index in [1.165, 1.54) is 0 Å². The molecule has 19 heavy (non-hydrogen) atoms. The summed E-state index contributed by atoms with van der Waals surface area (Å²) in [5.41, 5.74) is 0.955. The number of rotatable bonds is 4. The van der Waals surface area contributed by atoms with E-state index in [1.54, 1.807) is 4.90 Å². The molecular formula is C14H18N2O3. The molecule has 1 N–H and O–H groups in total. The largest absolute Gasteiger partial charge is 0.445 e. The minimum absolute atomic E-state index is 0.00890. The number of carbonyl (C=O) groups excluding carboxylic acids is 2. The summed E-state index contributed by atoms with van der Waals surface area (Å²) in [5.74, 6) is -0.0844. The van der Waals surface area contributed by atoms with Gasteiger partial charge in [0.1, 0.15) is 6.61 Å². The first-order chi connectivity index (χ1) is 9.20. The zero-order chi connectivity index (χ0) is 13.7. The molecule has 0 unspecified atom stereocenters. The van der Waals surface area contributed by atoms with Crippen molar-refractivity contribution in [1.29, 1.82) is 0 Å². The fourth-order valence-corrected chi connectivity index (χ4v) is 1.92. The average Bonchev–Trinajstić information content (AvgIpc) is 2.36. The number of likely N-dealkylation sites (tertiary alicyclic amines) is 1. The highest BCUT2D eigenvalue weighted by Crippen LogP contribution is 2.17. The van der Waals surface area contributed by atoms with Crippen molar-refractivity contribution in [3.63, 3.8) is 0 Å². The van der Waals surface area contributed by atoms with E-state index in [0.29, 0.717) is 19.6 Å². The Morgan fingerprint density at radius 2 is 2.00 bits per heavy atom. The Labute approximate surface area is 112 Å². The summed E-state index contributed by atoms with van der Waals surface area (Å²) in [6, 6.07) is 9.52. The second-order valence-electron chi connectivity index (χ2n) is 4.54. The van der Waals surface area contributed by atoms with Gasteiger partial charge in [-0.3, -0.25) is 4.79 Å². The topological polar surface area (TPSA) is 58.6 Å². The molecule has 0 aliphatic carbocycles. The number of hydrogen-bond acceptors (Lipinski definition) is 3. The first-order valence-electron chi connectivity index (χ1n) is 6.44. The van der Waals surface area contributed by atoms with Crippen molar-refractivity contribution >= 4 is 12.0 Å². The van der Waals surface area contributed by atoms with Crippen LogP contribution in [0.3, 0.4) is 0 Å². The predicted octanol–water partition coefficient (Wildman–Crippen LogP) is 1.39. The number of amides is 2. The van der Waals surface area contributed by atoms with Gasteiger partial charge in [-0.05, 0) is 12.5 Å². The van der Waals surface area contributed by atoms with Gasteiger partial charge in [0.2, 0.25) is 5.91 Å². The summed E-state index contributed by atoms with van der Waals surface area (Å²) >= 11 is 0. The molecule has 0 bridgehead atoms. The summed E-state index contributed by atoms with van der Waals surface area (Å²) in [5, 5.41) is 2.75. The molecule has 1 fully saturated rings. The minimum atomic E-state index is -0.357. The molecule has 1 aromatic carbocycles. The van der Waals surface area contributed by atoms with Crippen molar-refractivity contribution in [2.24, 2.45) is 5.92 Å². The average molecular weight is 262 g/mol. The van der Waals surface area contributed by atoms with Crippen LogP contribution in [-0.2, 0) is 16.1 Å². The second kappa shape index (κ2) is 6.22. The molecule has 2 rings (SSSR count). The third-order valence-corrected chi connectivity index (χ3v) is 3.07. The maximum absolute atomic E-state index is 11.7. The molecule has 0 radical (unpaired) electrons. The number of hydrogen-bond donors (Lipinski definition) is 1. The van der Waals surface area contributed by atoms with E-state index < -0.39 is 0 Å².